The first kappa shape index (κ1) is 31.5. The van der Waals surface area contributed by atoms with E-state index in [9.17, 15) is 18.8 Å². The zero-order valence-electron chi connectivity index (χ0n) is 25.7. The Balaban J connectivity index is 1.31. The van der Waals surface area contributed by atoms with Crippen molar-refractivity contribution in [2.75, 3.05) is 25.1 Å². The number of benzene rings is 1. The van der Waals surface area contributed by atoms with Gasteiger partial charge in [0.25, 0.3) is 5.91 Å². The topological polar surface area (TPSA) is 114 Å². The summed E-state index contributed by atoms with van der Waals surface area (Å²) in [6.45, 7) is 3.25. The van der Waals surface area contributed by atoms with E-state index >= 15 is 4.39 Å². The van der Waals surface area contributed by atoms with Gasteiger partial charge in [0.1, 0.15) is 11.9 Å². The molecule has 4 unspecified atom stereocenters. The number of nitrogens with zero attached hydrogens (tertiary/aromatic N) is 3. The number of anilines is 1. The van der Waals surface area contributed by atoms with E-state index in [0.29, 0.717) is 56.8 Å². The van der Waals surface area contributed by atoms with Gasteiger partial charge in [0, 0.05) is 43.2 Å². The number of hydrogen-bond donors (Lipinski definition) is 2. The number of hydrogen-bond acceptors (Lipinski definition) is 6. The zero-order chi connectivity index (χ0) is 32.2. The number of piperidine rings is 1. The number of amides is 3. The molecule has 6 rings (SSSR count). The third-order valence-electron chi connectivity index (χ3n) is 9.34. The van der Waals surface area contributed by atoms with Gasteiger partial charge in [-0.05, 0) is 91.8 Å². The monoisotopic (exact) mass is 629 g/mol. The molecule has 2 aliphatic heterocycles. The molecule has 0 radical (unpaired) electrons. The lowest BCUT2D eigenvalue weighted by Gasteiger charge is -2.43. The summed E-state index contributed by atoms with van der Waals surface area (Å²) in [4.78, 5) is 49.5. The number of halogens is 2. The van der Waals surface area contributed by atoms with E-state index in [2.05, 4.69) is 20.6 Å². The zero-order valence-corrected chi connectivity index (χ0v) is 25.7. The molecule has 9 nitrogen and oxygen atoms in total. The molecule has 7 bridgehead atoms. The van der Waals surface area contributed by atoms with Crippen LogP contribution in [0.4, 0.5) is 14.6 Å². The minimum Gasteiger partial charge on any atom is -0.377 e. The SMILES string of the molecule is CC1C(c2cccc(F)c2F)CC2NC(=O)c3cnc4c(c3)CC(C4)c3cc(cnc3NC=O)/C=C/COCCCCCN1C2=O. The van der Waals surface area contributed by atoms with Crippen LogP contribution in [0, 0.1) is 11.6 Å². The summed E-state index contributed by atoms with van der Waals surface area (Å²) in [6, 6.07) is 6.58. The van der Waals surface area contributed by atoms with E-state index in [1.807, 2.05) is 25.1 Å². The number of carbonyl (C=O) groups is 3. The molecule has 1 aliphatic carbocycles. The Hall–Kier alpha value is -4.51. The van der Waals surface area contributed by atoms with Gasteiger partial charge in [0.2, 0.25) is 12.3 Å². The van der Waals surface area contributed by atoms with Crippen molar-refractivity contribution in [1.29, 1.82) is 0 Å². The van der Waals surface area contributed by atoms with Crippen molar-refractivity contribution in [3.8, 4) is 0 Å². The number of rotatable bonds is 3. The van der Waals surface area contributed by atoms with E-state index in [1.54, 1.807) is 23.2 Å². The maximum atomic E-state index is 15.0. The summed E-state index contributed by atoms with van der Waals surface area (Å²) in [5.41, 5.74) is 4.02. The van der Waals surface area contributed by atoms with Gasteiger partial charge in [0.15, 0.2) is 11.6 Å². The standard InChI is InChI=1S/C35H37F2N5O4/c1-21-27(26-8-5-9-29(36)32(26)37)17-31-35(45)42(21)10-3-2-4-11-46-12-6-7-22-13-28(33(39-18-22)40-20-43)23-14-24-15-25(34(44)41-31)19-38-30(24)16-23/h5-9,13,15,18-21,23,27,31H,2-4,10-12,14,16-17H2,1H3,(H,41,44)(H,39,40,43)/b7-6+. The van der Waals surface area contributed by atoms with E-state index < -0.39 is 35.5 Å². The summed E-state index contributed by atoms with van der Waals surface area (Å²) >= 11 is 0. The Bertz CT molecular complexity index is 1660. The molecular formula is C35H37F2N5O4. The molecule has 3 aliphatic rings. The van der Waals surface area contributed by atoms with Crippen molar-refractivity contribution >= 4 is 30.1 Å². The molecule has 0 saturated carbocycles. The van der Waals surface area contributed by atoms with Crippen LogP contribution in [0.3, 0.4) is 0 Å². The van der Waals surface area contributed by atoms with E-state index in [0.717, 1.165) is 41.3 Å². The fourth-order valence-corrected chi connectivity index (χ4v) is 6.93. The molecule has 1 aromatic carbocycles. The molecule has 4 heterocycles. The number of aromatic nitrogens is 2. The fourth-order valence-electron chi connectivity index (χ4n) is 6.93. The van der Waals surface area contributed by atoms with Crippen LogP contribution in [0.1, 0.15) is 82.7 Å². The summed E-state index contributed by atoms with van der Waals surface area (Å²) in [5, 5.41) is 5.60. The molecule has 3 amide bonds. The maximum Gasteiger partial charge on any atom is 0.253 e. The molecule has 1 saturated heterocycles. The molecule has 11 heteroatoms. The van der Waals surface area contributed by atoms with Crippen LogP contribution in [0.25, 0.3) is 6.08 Å². The van der Waals surface area contributed by atoms with E-state index in [4.69, 9.17) is 4.74 Å². The van der Waals surface area contributed by atoms with Gasteiger partial charge in [0.05, 0.1) is 12.2 Å². The lowest BCUT2D eigenvalue weighted by Crippen LogP contribution is -2.58. The van der Waals surface area contributed by atoms with Crippen molar-refractivity contribution in [1.82, 2.24) is 20.2 Å². The minimum absolute atomic E-state index is 0.0184. The smallest absolute Gasteiger partial charge is 0.253 e. The van der Waals surface area contributed by atoms with Crippen molar-refractivity contribution in [2.45, 2.75) is 69.4 Å². The Morgan fingerprint density at radius 3 is 2.78 bits per heavy atom. The number of nitrogens with one attached hydrogen (secondary N) is 2. The van der Waals surface area contributed by atoms with E-state index in [1.165, 1.54) is 12.3 Å². The summed E-state index contributed by atoms with van der Waals surface area (Å²) in [7, 11) is 0. The average Bonchev–Trinajstić information content (AvgIpc) is 3.48. The molecular weight excluding hydrogens is 592 g/mol. The molecule has 2 N–H and O–H groups in total. The lowest BCUT2D eigenvalue weighted by atomic mass is 9.81. The van der Waals surface area contributed by atoms with Crippen LogP contribution in [0.5, 0.6) is 0 Å². The number of fused-ring (bicyclic) bond motifs is 7. The molecule has 4 atom stereocenters. The second-order valence-corrected chi connectivity index (χ2v) is 12.2. The van der Waals surface area contributed by atoms with Crippen molar-refractivity contribution < 1.29 is 27.9 Å². The van der Waals surface area contributed by atoms with Crippen LogP contribution < -0.4 is 10.6 Å². The predicted octanol–water partition coefficient (Wildman–Crippen LogP) is 4.92. The van der Waals surface area contributed by atoms with Crippen LogP contribution >= 0.6 is 0 Å². The Morgan fingerprint density at radius 2 is 1.93 bits per heavy atom. The van der Waals surface area contributed by atoms with E-state index in [-0.39, 0.29) is 23.8 Å². The lowest BCUT2D eigenvalue weighted by molar-refractivity contribution is -0.139. The second-order valence-electron chi connectivity index (χ2n) is 12.2. The highest BCUT2D eigenvalue weighted by Gasteiger charge is 2.42. The fraction of sp³-hybridized carbons (Fsp3) is 0.400. The first-order valence-corrected chi connectivity index (χ1v) is 15.8. The highest BCUT2D eigenvalue weighted by atomic mass is 19.2. The minimum atomic E-state index is -0.942. The van der Waals surface area contributed by atoms with Crippen LogP contribution in [0.2, 0.25) is 0 Å². The van der Waals surface area contributed by atoms with Gasteiger partial charge >= 0.3 is 0 Å². The van der Waals surface area contributed by atoms with Gasteiger partial charge in [-0.25, -0.2) is 13.8 Å². The summed E-state index contributed by atoms with van der Waals surface area (Å²) in [6.07, 6.45) is 11.3. The van der Waals surface area contributed by atoms with Gasteiger partial charge in [-0.2, -0.15) is 0 Å². The first-order valence-electron chi connectivity index (χ1n) is 15.8. The number of ether oxygens (including phenoxy) is 1. The first-order chi connectivity index (χ1) is 22.3. The van der Waals surface area contributed by atoms with Gasteiger partial charge in [-0.15, -0.1) is 0 Å². The third-order valence-corrected chi connectivity index (χ3v) is 9.34. The third kappa shape index (κ3) is 6.55. The van der Waals surface area contributed by atoms with Gasteiger partial charge in [-0.1, -0.05) is 24.3 Å². The molecule has 3 aromatic rings. The molecule has 1 fully saturated rings. The van der Waals surface area contributed by atoms with Crippen LogP contribution in [-0.4, -0.2) is 64.9 Å². The normalized spacial score (nSPS) is 24.5. The average molecular weight is 630 g/mol. The summed E-state index contributed by atoms with van der Waals surface area (Å²) < 4.78 is 35.1. The molecule has 240 valence electrons. The number of pyridine rings is 2. The Morgan fingerprint density at radius 1 is 1.07 bits per heavy atom. The largest absolute Gasteiger partial charge is 0.377 e. The predicted molar refractivity (Wildman–Crippen MR) is 168 cm³/mol. The second kappa shape index (κ2) is 13.9. The van der Waals surface area contributed by atoms with Crippen LogP contribution in [-0.2, 0) is 27.2 Å². The highest BCUT2D eigenvalue weighted by molar-refractivity contribution is 5.98. The summed E-state index contributed by atoms with van der Waals surface area (Å²) in [5.74, 6) is -2.62. The Labute approximate surface area is 266 Å². The van der Waals surface area contributed by atoms with Gasteiger partial charge in [-0.3, -0.25) is 19.4 Å². The van der Waals surface area contributed by atoms with Crippen molar-refractivity contribution in [2.24, 2.45) is 0 Å². The van der Waals surface area contributed by atoms with Crippen LogP contribution in [0.15, 0.2) is 48.8 Å². The molecule has 46 heavy (non-hydrogen) atoms. The molecule has 0 spiro atoms. The molecule has 2 aromatic heterocycles. The highest BCUT2D eigenvalue weighted by Crippen LogP contribution is 2.38. The Kier molecular flexibility index (Phi) is 9.48. The van der Waals surface area contributed by atoms with Crippen molar-refractivity contribution in [3.63, 3.8) is 0 Å². The van der Waals surface area contributed by atoms with Gasteiger partial charge < -0.3 is 20.3 Å². The maximum absolute atomic E-state index is 15.0. The van der Waals surface area contributed by atoms with Crippen molar-refractivity contribution in [3.05, 3.63) is 93.9 Å². The number of carbonyl (C=O) groups excluding carboxylic acids is 3. The quantitative estimate of drug-likeness (QED) is 0.398.